The Morgan fingerprint density at radius 1 is 1.31 bits per heavy atom. The molecular weight excluding hydrogens is 186 g/mol. The van der Waals surface area contributed by atoms with E-state index in [1.165, 1.54) is 0 Å². The molecule has 0 spiro atoms. The molecule has 1 rings (SSSR count). The first-order valence-corrected chi connectivity index (χ1v) is 5.00. The summed E-state index contributed by atoms with van der Waals surface area (Å²) in [6, 6.07) is 5.96. The molecule has 72 valence electrons. The number of aryl methyl sites for hydroxylation is 1. The summed E-state index contributed by atoms with van der Waals surface area (Å²) in [7, 11) is 0. The van der Waals surface area contributed by atoms with E-state index in [0.29, 0.717) is 12.5 Å². The monoisotopic (exact) mass is 199 g/mol. The van der Waals surface area contributed by atoms with Crippen LogP contribution in [0.15, 0.2) is 24.4 Å². The van der Waals surface area contributed by atoms with Crippen LogP contribution in [0, 0.1) is 0 Å². The lowest BCUT2D eigenvalue weighted by Crippen LogP contribution is -2.00. The molecule has 0 amide bonds. The van der Waals surface area contributed by atoms with Gasteiger partial charge in [-0.15, -0.1) is 11.6 Å². The predicted molar refractivity (Wildman–Crippen MR) is 54.1 cm³/mol. The average molecular weight is 200 g/mol. The zero-order valence-electron chi connectivity index (χ0n) is 7.58. The maximum Gasteiger partial charge on any atom is 0.0601 e. The SMILES string of the molecule is ClCCOCCCc1ccccn1. The van der Waals surface area contributed by atoms with Gasteiger partial charge in [0.2, 0.25) is 0 Å². The Hall–Kier alpha value is -0.600. The number of nitrogens with zero attached hydrogens (tertiary/aromatic N) is 1. The summed E-state index contributed by atoms with van der Waals surface area (Å²) in [4.78, 5) is 4.21. The third-order valence-corrected chi connectivity index (χ3v) is 1.82. The van der Waals surface area contributed by atoms with E-state index in [2.05, 4.69) is 4.98 Å². The molecule has 0 unspecified atom stereocenters. The summed E-state index contributed by atoms with van der Waals surface area (Å²) < 4.78 is 5.24. The normalized spacial score (nSPS) is 10.2. The summed E-state index contributed by atoms with van der Waals surface area (Å²) in [5, 5.41) is 0. The van der Waals surface area contributed by atoms with Gasteiger partial charge in [-0.25, -0.2) is 0 Å². The zero-order chi connectivity index (χ0) is 9.36. The van der Waals surface area contributed by atoms with Crippen LogP contribution in [-0.2, 0) is 11.2 Å². The van der Waals surface area contributed by atoms with Crippen molar-refractivity contribution >= 4 is 11.6 Å². The van der Waals surface area contributed by atoms with Crippen molar-refractivity contribution < 1.29 is 4.74 Å². The van der Waals surface area contributed by atoms with Crippen molar-refractivity contribution in [2.75, 3.05) is 19.1 Å². The van der Waals surface area contributed by atoms with Crippen LogP contribution in [0.4, 0.5) is 0 Å². The summed E-state index contributed by atoms with van der Waals surface area (Å²) >= 11 is 5.46. The van der Waals surface area contributed by atoms with Gasteiger partial charge in [-0.2, -0.15) is 0 Å². The quantitative estimate of drug-likeness (QED) is 0.518. The predicted octanol–water partition coefficient (Wildman–Crippen LogP) is 2.27. The van der Waals surface area contributed by atoms with Gasteiger partial charge in [-0.1, -0.05) is 6.07 Å². The minimum absolute atomic E-state index is 0.573. The number of hydrogen-bond donors (Lipinski definition) is 0. The van der Waals surface area contributed by atoms with E-state index in [1.807, 2.05) is 24.4 Å². The van der Waals surface area contributed by atoms with Gasteiger partial charge in [0.1, 0.15) is 0 Å². The van der Waals surface area contributed by atoms with Crippen LogP contribution < -0.4 is 0 Å². The zero-order valence-corrected chi connectivity index (χ0v) is 8.33. The highest BCUT2D eigenvalue weighted by molar-refractivity contribution is 6.17. The lowest BCUT2D eigenvalue weighted by atomic mass is 10.2. The molecule has 0 saturated heterocycles. The molecule has 0 aliphatic carbocycles. The molecule has 2 nitrogen and oxygen atoms in total. The topological polar surface area (TPSA) is 22.1 Å². The van der Waals surface area contributed by atoms with Gasteiger partial charge < -0.3 is 4.74 Å². The standard InChI is InChI=1S/C10H14ClNO/c11-6-9-13-8-3-5-10-4-1-2-7-12-10/h1-2,4,7H,3,5-6,8-9H2. The molecule has 1 aromatic heterocycles. The minimum Gasteiger partial charge on any atom is -0.380 e. The smallest absolute Gasteiger partial charge is 0.0601 e. The van der Waals surface area contributed by atoms with Crippen LogP contribution in [0.2, 0.25) is 0 Å². The molecule has 0 atom stereocenters. The number of ether oxygens (including phenoxy) is 1. The van der Waals surface area contributed by atoms with E-state index in [9.17, 15) is 0 Å². The molecule has 0 aliphatic rings. The fourth-order valence-corrected chi connectivity index (χ4v) is 1.17. The van der Waals surface area contributed by atoms with Gasteiger partial charge in [0.25, 0.3) is 0 Å². The highest BCUT2D eigenvalue weighted by Gasteiger charge is 1.92. The first-order valence-electron chi connectivity index (χ1n) is 4.47. The van der Waals surface area contributed by atoms with E-state index >= 15 is 0 Å². The van der Waals surface area contributed by atoms with E-state index in [4.69, 9.17) is 16.3 Å². The fraction of sp³-hybridized carbons (Fsp3) is 0.500. The number of alkyl halides is 1. The molecule has 3 heteroatoms. The Labute approximate surface area is 83.9 Å². The molecule has 0 fully saturated rings. The molecule has 1 aromatic rings. The average Bonchev–Trinajstić information content (AvgIpc) is 2.19. The third-order valence-electron chi connectivity index (χ3n) is 1.67. The van der Waals surface area contributed by atoms with Crippen molar-refractivity contribution in [3.8, 4) is 0 Å². The summed E-state index contributed by atoms with van der Waals surface area (Å²) in [6.07, 6.45) is 3.80. The molecular formula is C10H14ClNO. The Morgan fingerprint density at radius 3 is 2.92 bits per heavy atom. The van der Waals surface area contributed by atoms with Crippen molar-refractivity contribution in [3.63, 3.8) is 0 Å². The molecule has 0 aliphatic heterocycles. The first-order chi connectivity index (χ1) is 6.43. The third kappa shape index (κ3) is 4.86. The van der Waals surface area contributed by atoms with Gasteiger partial charge in [-0.05, 0) is 25.0 Å². The molecule has 0 saturated carbocycles. The van der Waals surface area contributed by atoms with E-state index < -0.39 is 0 Å². The molecule has 1 heterocycles. The van der Waals surface area contributed by atoms with Crippen molar-refractivity contribution in [2.24, 2.45) is 0 Å². The molecule has 0 bridgehead atoms. The number of aromatic nitrogens is 1. The highest BCUT2D eigenvalue weighted by Crippen LogP contribution is 1.98. The molecule has 0 radical (unpaired) electrons. The van der Waals surface area contributed by atoms with Gasteiger partial charge in [0.15, 0.2) is 0 Å². The lowest BCUT2D eigenvalue weighted by Gasteiger charge is -2.01. The van der Waals surface area contributed by atoms with Gasteiger partial charge >= 0.3 is 0 Å². The van der Waals surface area contributed by atoms with Crippen molar-refractivity contribution in [1.82, 2.24) is 4.98 Å². The minimum atomic E-state index is 0.573. The second kappa shape index (κ2) is 6.87. The number of hydrogen-bond acceptors (Lipinski definition) is 2. The number of pyridine rings is 1. The second-order valence-electron chi connectivity index (χ2n) is 2.73. The Bertz CT molecular complexity index is 215. The summed E-state index contributed by atoms with van der Waals surface area (Å²) in [5.41, 5.74) is 1.12. The lowest BCUT2D eigenvalue weighted by molar-refractivity contribution is 0.146. The van der Waals surface area contributed by atoms with Crippen LogP contribution in [0.3, 0.4) is 0 Å². The van der Waals surface area contributed by atoms with Crippen LogP contribution in [0.25, 0.3) is 0 Å². The molecule has 13 heavy (non-hydrogen) atoms. The van der Waals surface area contributed by atoms with Crippen LogP contribution in [0.1, 0.15) is 12.1 Å². The van der Waals surface area contributed by atoms with Gasteiger partial charge in [-0.3, -0.25) is 4.98 Å². The van der Waals surface area contributed by atoms with Crippen LogP contribution in [0.5, 0.6) is 0 Å². The van der Waals surface area contributed by atoms with Crippen LogP contribution in [-0.4, -0.2) is 24.1 Å². The fourth-order valence-electron chi connectivity index (χ4n) is 1.06. The van der Waals surface area contributed by atoms with Crippen molar-refractivity contribution in [3.05, 3.63) is 30.1 Å². The molecule has 0 aromatic carbocycles. The number of halogens is 1. The van der Waals surface area contributed by atoms with Crippen molar-refractivity contribution in [1.29, 1.82) is 0 Å². The van der Waals surface area contributed by atoms with Crippen molar-refractivity contribution in [2.45, 2.75) is 12.8 Å². The molecule has 0 N–H and O–H groups in total. The second-order valence-corrected chi connectivity index (χ2v) is 3.10. The van der Waals surface area contributed by atoms with E-state index in [0.717, 1.165) is 25.1 Å². The summed E-state index contributed by atoms with van der Waals surface area (Å²) in [5.74, 6) is 0.573. The maximum absolute atomic E-state index is 5.46. The number of rotatable bonds is 6. The summed E-state index contributed by atoms with van der Waals surface area (Å²) in [6.45, 7) is 1.41. The Morgan fingerprint density at radius 2 is 2.23 bits per heavy atom. The highest BCUT2D eigenvalue weighted by atomic mass is 35.5. The first kappa shape index (κ1) is 10.5. The van der Waals surface area contributed by atoms with E-state index in [-0.39, 0.29) is 0 Å². The Balaban J connectivity index is 2.07. The maximum atomic E-state index is 5.46. The largest absolute Gasteiger partial charge is 0.380 e. The van der Waals surface area contributed by atoms with Gasteiger partial charge in [0.05, 0.1) is 6.61 Å². The Kier molecular flexibility index (Phi) is 5.54. The van der Waals surface area contributed by atoms with E-state index in [1.54, 1.807) is 0 Å². The van der Waals surface area contributed by atoms with Gasteiger partial charge in [0, 0.05) is 24.4 Å². The van der Waals surface area contributed by atoms with Crippen LogP contribution >= 0.6 is 11.6 Å².